The molecule has 1 heterocycles. The van der Waals surface area contributed by atoms with Gasteiger partial charge in [-0.3, -0.25) is 14.4 Å². The van der Waals surface area contributed by atoms with Gasteiger partial charge in [0.2, 0.25) is 5.91 Å². The number of carbonyl (C=O) groups is 2. The Morgan fingerprint density at radius 3 is 2.71 bits per heavy atom. The number of carbonyl (C=O) groups excluding carboxylic acids is 1. The Hall–Kier alpha value is -2.11. The molecule has 0 saturated heterocycles. The third-order valence-electron chi connectivity index (χ3n) is 3.15. The summed E-state index contributed by atoms with van der Waals surface area (Å²) in [7, 11) is 0. The SMILES string of the molecule is CCCC(C(=O)NCCCC(=O)O)n1cc(C)ccc1=O. The van der Waals surface area contributed by atoms with E-state index < -0.39 is 12.0 Å². The van der Waals surface area contributed by atoms with Crippen molar-refractivity contribution in [3.05, 3.63) is 34.2 Å². The Bertz CT molecular complexity index is 551. The molecule has 0 aliphatic heterocycles. The highest BCUT2D eigenvalue weighted by Crippen LogP contribution is 2.12. The summed E-state index contributed by atoms with van der Waals surface area (Å²) in [5, 5.41) is 11.3. The van der Waals surface area contributed by atoms with Crippen LogP contribution in [-0.2, 0) is 9.59 Å². The molecule has 0 bridgehead atoms. The van der Waals surface area contributed by atoms with Crippen LogP contribution in [-0.4, -0.2) is 28.1 Å². The predicted octanol–water partition coefficient (Wildman–Crippen LogP) is 1.48. The molecule has 21 heavy (non-hydrogen) atoms. The van der Waals surface area contributed by atoms with Crippen molar-refractivity contribution >= 4 is 11.9 Å². The Kier molecular flexibility index (Phi) is 6.65. The van der Waals surface area contributed by atoms with Crippen LogP contribution in [0.4, 0.5) is 0 Å². The van der Waals surface area contributed by atoms with Gasteiger partial charge >= 0.3 is 5.97 Å². The minimum absolute atomic E-state index is 0.0170. The van der Waals surface area contributed by atoms with E-state index >= 15 is 0 Å². The lowest BCUT2D eigenvalue weighted by atomic mass is 10.1. The van der Waals surface area contributed by atoms with E-state index in [-0.39, 0.29) is 17.9 Å². The van der Waals surface area contributed by atoms with Gasteiger partial charge in [-0.15, -0.1) is 0 Å². The molecule has 6 heteroatoms. The largest absolute Gasteiger partial charge is 0.481 e. The van der Waals surface area contributed by atoms with Gasteiger partial charge in [0, 0.05) is 25.2 Å². The number of rotatable bonds is 8. The number of aromatic nitrogens is 1. The lowest BCUT2D eigenvalue weighted by Crippen LogP contribution is -2.37. The van der Waals surface area contributed by atoms with Gasteiger partial charge in [0.05, 0.1) is 0 Å². The maximum Gasteiger partial charge on any atom is 0.303 e. The maximum absolute atomic E-state index is 12.2. The zero-order chi connectivity index (χ0) is 15.8. The first kappa shape index (κ1) is 16.9. The van der Waals surface area contributed by atoms with Crippen molar-refractivity contribution in [3.63, 3.8) is 0 Å². The van der Waals surface area contributed by atoms with Gasteiger partial charge in [0.25, 0.3) is 5.56 Å². The lowest BCUT2D eigenvalue weighted by Gasteiger charge is -2.19. The van der Waals surface area contributed by atoms with Gasteiger partial charge in [-0.05, 0) is 25.3 Å². The second kappa shape index (κ2) is 8.24. The summed E-state index contributed by atoms with van der Waals surface area (Å²) in [5.41, 5.74) is 0.703. The zero-order valence-corrected chi connectivity index (χ0v) is 12.5. The van der Waals surface area contributed by atoms with Crippen molar-refractivity contribution in [3.8, 4) is 0 Å². The summed E-state index contributed by atoms with van der Waals surface area (Å²) in [5.74, 6) is -1.13. The van der Waals surface area contributed by atoms with Crippen LogP contribution in [0, 0.1) is 6.92 Å². The lowest BCUT2D eigenvalue weighted by molar-refractivity contribution is -0.137. The topological polar surface area (TPSA) is 88.4 Å². The zero-order valence-electron chi connectivity index (χ0n) is 12.5. The van der Waals surface area contributed by atoms with Gasteiger partial charge in [-0.2, -0.15) is 0 Å². The first-order valence-corrected chi connectivity index (χ1v) is 7.14. The average molecular weight is 294 g/mol. The van der Waals surface area contributed by atoms with Gasteiger partial charge in [-0.25, -0.2) is 0 Å². The van der Waals surface area contributed by atoms with Crippen molar-refractivity contribution < 1.29 is 14.7 Å². The number of amides is 1. The summed E-state index contributed by atoms with van der Waals surface area (Å²) in [6, 6.07) is 2.62. The second-order valence-electron chi connectivity index (χ2n) is 5.04. The van der Waals surface area contributed by atoms with Crippen molar-refractivity contribution in [2.24, 2.45) is 0 Å². The molecule has 0 radical (unpaired) electrons. The highest BCUT2D eigenvalue weighted by molar-refractivity contribution is 5.80. The number of nitrogens with zero attached hydrogens (tertiary/aromatic N) is 1. The molecule has 1 atom stereocenters. The molecule has 116 valence electrons. The van der Waals surface area contributed by atoms with Crippen LogP contribution in [0.25, 0.3) is 0 Å². The Morgan fingerprint density at radius 2 is 2.10 bits per heavy atom. The second-order valence-corrected chi connectivity index (χ2v) is 5.04. The number of nitrogens with one attached hydrogen (secondary N) is 1. The van der Waals surface area contributed by atoms with Gasteiger partial charge < -0.3 is 15.0 Å². The molecule has 1 aromatic rings. The molecule has 0 saturated carbocycles. The molecule has 1 amide bonds. The van der Waals surface area contributed by atoms with Crippen molar-refractivity contribution in [1.29, 1.82) is 0 Å². The summed E-state index contributed by atoms with van der Waals surface area (Å²) in [6.45, 7) is 4.11. The fourth-order valence-electron chi connectivity index (χ4n) is 2.10. The van der Waals surface area contributed by atoms with Crippen LogP contribution in [0.5, 0.6) is 0 Å². The van der Waals surface area contributed by atoms with E-state index in [0.717, 1.165) is 12.0 Å². The van der Waals surface area contributed by atoms with Crippen LogP contribution in [0.1, 0.15) is 44.2 Å². The molecular formula is C15H22N2O4. The van der Waals surface area contributed by atoms with Crippen LogP contribution >= 0.6 is 0 Å². The highest BCUT2D eigenvalue weighted by atomic mass is 16.4. The average Bonchev–Trinajstić information content (AvgIpc) is 2.43. The number of hydrogen-bond donors (Lipinski definition) is 2. The molecule has 1 unspecified atom stereocenters. The quantitative estimate of drug-likeness (QED) is 0.711. The number of aryl methyl sites for hydroxylation is 1. The standard InChI is InChI=1S/C15H22N2O4/c1-3-5-12(15(21)16-9-4-6-14(19)20)17-10-11(2)7-8-13(17)18/h7-8,10,12H,3-6,9H2,1-2H3,(H,16,21)(H,19,20). The molecule has 2 N–H and O–H groups in total. The number of pyridine rings is 1. The predicted molar refractivity (Wildman–Crippen MR) is 79.3 cm³/mol. The molecule has 0 spiro atoms. The highest BCUT2D eigenvalue weighted by Gasteiger charge is 2.20. The molecule has 1 aromatic heterocycles. The Morgan fingerprint density at radius 1 is 1.38 bits per heavy atom. The van der Waals surface area contributed by atoms with Crippen molar-refractivity contribution in [2.45, 2.75) is 45.6 Å². The smallest absolute Gasteiger partial charge is 0.303 e. The van der Waals surface area contributed by atoms with Gasteiger partial charge in [-0.1, -0.05) is 19.4 Å². The fraction of sp³-hybridized carbons (Fsp3) is 0.533. The van der Waals surface area contributed by atoms with E-state index in [2.05, 4.69) is 5.32 Å². The molecule has 6 nitrogen and oxygen atoms in total. The minimum atomic E-state index is -0.885. The Labute approximate surface area is 123 Å². The van der Waals surface area contributed by atoms with E-state index in [1.807, 2.05) is 13.8 Å². The number of carboxylic acids is 1. The van der Waals surface area contributed by atoms with Crippen LogP contribution in [0.3, 0.4) is 0 Å². The molecule has 0 aliphatic rings. The van der Waals surface area contributed by atoms with Crippen molar-refractivity contribution in [2.75, 3.05) is 6.54 Å². The van der Waals surface area contributed by atoms with E-state index in [1.165, 1.54) is 10.6 Å². The number of aliphatic carboxylic acids is 1. The minimum Gasteiger partial charge on any atom is -0.481 e. The molecule has 1 rings (SSSR count). The molecular weight excluding hydrogens is 272 g/mol. The van der Waals surface area contributed by atoms with E-state index in [4.69, 9.17) is 5.11 Å². The van der Waals surface area contributed by atoms with Gasteiger partial charge in [0.1, 0.15) is 6.04 Å². The number of carboxylic acid groups (broad SMARTS) is 1. The molecule has 0 fully saturated rings. The fourth-order valence-corrected chi connectivity index (χ4v) is 2.10. The van der Waals surface area contributed by atoms with E-state index in [1.54, 1.807) is 12.3 Å². The van der Waals surface area contributed by atoms with Crippen LogP contribution < -0.4 is 10.9 Å². The van der Waals surface area contributed by atoms with E-state index in [9.17, 15) is 14.4 Å². The summed E-state index contributed by atoms with van der Waals surface area (Å²) >= 11 is 0. The van der Waals surface area contributed by atoms with E-state index in [0.29, 0.717) is 19.4 Å². The number of hydrogen-bond acceptors (Lipinski definition) is 3. The van der Waals surface area contributed by atoms with Crippen molar-refractivity contribution in [1.82, 2.24) is 9.88 Å². The summed E-state index contributed by atoms with van der Waals surface area (Å²) < 4.78 is 1.45. The molecule has 0 aromatic carbocycles. The normalized spacial score (nSPS) is 11.9. The van der Waals surface area contributed by atoms with Gasteiger partial charge in [0.15, 0.2) is 0 Å². The monoisotopic (exact) mass is 294 g/mol. The van der Waals surface area contributed by atoms with Crippen LogP contribution in [0.2, 0.25) is 0 Å². The summed E-state index contributed by atoms with van der Waals surface area (Å²) in [4.78, 5) is 34.6. The summed E-state index contributed by atoms with van der Waals surface area (Å²) in [6.07, 6.45) is 3.41. The third kappa shape index (κ3) is 5.41. The Balaban J connectivity index is 2.76. The first-order valence-electron chi connectivity index (χ1n) is 7.14. The first-order chi connectivity index (χ1) is 9.95. The molecule has 0 aliphatic carbocycles. The maximum atomic E-state index is 12.2. The third-order valence-corrected chi connectivity index (χ3v) is 3.15. The van der Waals surface area contributed by atoms with Crippen LogP contribution in [0.15, 0.2) is 23.1 Å².